The molecule has 0 fully saturated rings. The van der Waals surface area contributed by atoms with Gasteiger partial charge < -0.3 is 5.32 Å². The molecule has 0 heterocycles. The van der Waals surface area contributed by atoms with E-state index in [-0.39, 0.29) is 11.2 Å². The summed E-state index contributed by atoms with van der Waals surface area (Å²) in [4.78, 5) is 12.0. The van der Waals surface area contributed by atoms with Gasteiger partial charge in [0.05, 0.1) is 16.9 Å². The Bertz CT molecular complexity index is 649. The van der Waals surface area contributed by atoms with Crippen molar-refractivity contribution in [2.45, 2.75) is 18.2 Å². The summed E-state index contributed by atoms with van der Waals surface area (Å²) in [5.41, 5.74) is 2.58. The van der Waals surface area contributed by atoms with E-state index in [9.17, 15) is 4.79 Å². The van der Waals surface area contributed by atoms with Gasteiger partial charge in [0.15, 0.2) is 0 Å². The van der Waals surface area contributed by atoms with Crippen molar-refractivity contribution in [3.05, 3.63) is 71.3 Å². The van der Waals surface area contributed by atoms with Crippen LogP contribution in [0.2, 0.25) is 0 Å². The van der Waals surface area contributed by atoms with E-state index in [1.807, 2.05) is 42.5 Å². The Labute approximate surface area is 130 Å². The van der Waals surface area contributed by atoms with Crippen LogP contribution >= 0.6 is 12.6 Å². The van der Waals surface area contributed by atoms with E-state index in [4.69, 9.17) is 5.26 Å². The summed E-state index contributed by atoms with van der Waals surface area (Å²) in [6.45, 7) is 0.403. The minimum Gasteiger partial charge on any atom is -0.351 e. The van der Waals surface area contributed by atoms with Gasteiger partial charge in [0.2, 0.25) is 5.91 Å². The quantitative estimate of drug-likeness (QED) is 0.834. The van der Waals surface area contributed by atoms with Crippen molar-refractivity contribution in [1.82, 2.24) is 5.32 Å². The average molecular weight is 296 g/mol. The molecular weight excluding hydrogens is 280 g/mol. The number of nitriles is 1. The number of amides is 1. The summed E-state index contributed by atoms with van der Waals surface area (Å²) in [5.74, 6) is -0.107. The number of carbonyl (C=O) groups is 1. The number of benzene rings is 2. The van der Waals surface area contributed by atoms with Gasteiger partial charge in [-0.05, 0) is 29.7 Å². The SMILES string of the molecule is N#Cc1cccc(CNC(=O)C(S)Cc2ccccc2)c1. The Kier molecular flexibility index (Phi) is 5.42. The molecule has 1 atom stereocenters. The molecule has 21 heavy (non-hydrogen) atoms. The monoisotopic (exact) mass is 296 g/mol. The molecule has 0 saturated carbocycles. The molecule has 2 aromatic rings. The van der Waals surface area contributed by atoms with Gasteiger partial charge in [-0.1, -0.05) is 42.5 Å². The molecule has 3 nitrogen and oxygen atoms in total. The van der Waals surface area contributed by atoms with E-state index >= 15 is 0 Å². The lowest BCUT2D eigenvalue weighted by Crippen LogP contribution is -2.32. The van der Waals surface area contributed by atoms with Gasteiger partial charge in [-0.2, -0.15) is 17.9 Å². The number of carbonyl (C=O) groups excluding carboxylic acids is 1. The Morgan fingerprint density at radius 1 is 1.14 bits per heavy atom. The third-order valence-electron chi connectivity index (χ3n) is 3.10. The molecule has 0 aliphatic carbocycles. The number of rotatable bonds is 5. The molecule has 4 heteroatoms. The van der Waals surface area contributed by atoms with E-state index in [1.54, 1.807) is 12.1 Å². The predicted octanol–water partition coefficient (Wildman–Crippen LogP) is 2.72. The Hall–Kier alpha value is -2.25. The molecular formula is C17H16N2OS. The van der Waals surface area contributed by atoms with Crippen molar-refractivity contribution in [3.8, 4) is 6.07 Å². The smallest absolute Gasteiger partial charge is 0.233 e. The second kappa shape index (κ2) is 7.51. The van der Waals surface area contributed by atoms with Crippen LogP contribution in [-0.2, 0) is 17.8 Å². The van der Waals surface area contributed by atoms with Crippen LogP contribution in [0.5, 0.6) is 0 Å². The van der Waals surface area contributed by atoms with Crippen LogP contribution in [-0.4, -0.2) is 11.2 Å². The highest BCUT2D eigenvalue weighted by molar-refractivity contribution is 7.81. The summed E-state index contributed by atoms with van der Waals surface area (Å²) in [7, 11) is 0. The van der Waals surface area contributed by atoms with Crippen molar-refractivity contribution in [2.24, 2.45) is 0 Å². The van der Waals surface area contributed by atoms with Crippen LogP contribution in [0, 0.1) is 11.3 Å². The van der Waals surface area contributed by atoms with Crippen molar-refractivity contribution < 1.29 is 4.79 Å². The van der Waals surface area contributed by atoms with Gasteiger partial charge in [0.25, 0.3) is 0 Å². The molecule has 1 unspecified atom stereocenters. The molecule has 0 saturated heterocycles. The van der Waals surface area contributed by atoms with Crippen molar-refractivity contribution in [1.29, 1.82) is 5.26 Å². The zero-order chi connectivity index (χ0) is 15.1. The highest BCUT2D eigenvalue weighted by atomic mass is 32.1. The molecule has 0 aromatic heterocycles. The fourth-order valence-corrected chi connectivity index (χ4v) is 2.29. The average Bonchev–Trinajstić information content (AvgIpc) is 2.53. The first-order valence-corrected chi connectivity index (χ1v) is 7.19. The third-order valence-corrected chi connectivity index (χ3v) is 3.51. The molecule has 1 amide bonds. The van der Waals surface area contributed by atoms with Crippen LogP contribution in [0.25, 0.3) is 0 Å². The van der Waals surface area contributed by atoms with Gasteiger partial charge in [0, 0.05) is 6.54 Å². The summed E-state index contributed by atoms with van der Waals surface area (Å²) in [6.07, 6.45) is 0.591. The predicted molar refractivity (Wildman–Crippen MR) is 85.9 cm³/mol. The highest BCUT2D eigenvalue weighted by Crippen LogP contribution is 2.09. The van der Waals surface area contributed by atoms with E-state index in [0.717, 1.165) is 11.1 Å². The largest absolute Gasteiger partial charge is 0.351 e. The van der Waals surface area contributed by atoms with E-state index in [2.05, 4.69) is 24.0 Å². The first kappa shape index (κ1) is 15.1. The van der Waals surface area contributed by atoms with Crippen molar-refractivity contribution >= 4 is 18.5 Å². The molecule has 2 aromatic carbocycles. The second-order valence-corrected chi connectivity index (χ2v) is 5.36. The number of nitrogens with one attached hydrogen (secondary N) is 1. The molecule has 0 aliphatic rings. The van der Waals surface area contributed by atoms with Crippen LogP contribution in [0.1, 0.15) is 16.7 Å². The zero-order valence-electron chi connectivity index (χ0n) is 11.5. The zero-order valence-corrected chi connectivity index (χ0v) is 12.4. The van der Waals surface area contributed by atoms with Gasteiger partial charge in [-0.25, -0.2) is 0 Å². The van der Waals surface area contributed by atoms with E-state index in [1.165, 1.54) is 0 Å². The number of hydrogen-bond acceptors (Lipinski definition) is 3. The normalized spacial score (nSPS) is 11.4. The van der Waals surface area contributed by atoms with Crippen LogP contribution in [0.4, 0.5) is 0 Å². The summed E-state index contributed by atoms with van der Waals surface area (Å²) in [6, 6.07) is 19.1. The molecule has 1 N–H and O–H groups in total. The standard InChI is InChI=1S/C17H16N2OS/c18-11-14-7-4-8-15(9-14)12-19-17(20)16(21)10-13-5-2-1-3-6-13/h1-9,16,21H,10,12H2,(H,19,20). The second-order valence-electron chi connectivity index (χ2n) is 4.74. The first-order chi connectivity index (χ1) is 10.2. The molecule has 0 bridgehead atoms. The van der Waals surface area contributed by atoms with E-state index in [0.29, 0.717) is 18.5 Å². The van der Waals surface area contributed by atoms with Gasteiger partial charge >= 0.3 is 0 Å². The number of hydrogen-bond donors (Lipinski definition) is 2. The lowest BCUT2D eigenvalue weighted by Gasteiger charge is -2.12. The van der Waals surface area contributed by atoms with Gasteiger partial charge in [-0.3, -0.25) is 4.79 Å². The topological polar surface area (TPSA) is 52.9 Å². The minimum atomic E-state index is -0.383. The first-order valence-electron chi connectivity index (χ1n) is 6.68. The molecule has 0 radical (unpaired) electrons. The third kappa shape index (κ3) is 4.66. The molecule has 2 rings (SSSR count). The Morgan fingerprint density at radius 2 is 1.86 bits per heavy atom. The number of nitrogens with zero attached hydrogens (tertiary/aromatic N) is 1. The van der Waals surface area contributed by atoms with Crippen molar-refractivity contribution in [3.63, 3.8) is 0 Å². The maximum absolute atomic E-state index is 12.0. The Balaban J connectivity index is 1.88. The lowest BCUT2D eigenvalue weighted by molar-refractivity contribution is -0.120. The van der Waals surface area contributed by atoms with Crippen LogP contribution < -0.4 is 5.32 Å². The van der Waals surface area contributed by atoms with E-state index < -0.39 is 0 Å². The lowest BCUT2D eigenvalue weighted by atomic mass is 10.1. The van der Waals surface area contributed by atoms with Gasteiger partial charge in [-0.15, -0.1) is 0 Å². The minimum absolute atomic E-state index is 0.107. The summed E-state index contributed by atoms with van der Waals surface area (Å²) in [5, 5.41) is 11.3. The highest BCUT2D eigenvalue weighted by Gasteiger charge is 2.14. The molecule has 106 valence electrons. The summed E-state index contributed by atoms with van der Waals surface area (Å²) >= 11 is 4.36. The fourth-order valence-electron chi connectivity index (χ4n) is 1.99. The van der Waals surface area contributed by atoms with Crippen LogP contribution in [0.15, 0.2) is 54.6 Å². The Morgan fingerprint density at radius 3 is 2.57 bits per heavy atom. The van der Waals surface area contributed by atoms with Crippen LogP contribution in [0.3, 0.4) is 0 Å². The maximum atomic E-state index is 12.0. The fraction of sp³-hybridized carbons (Fsp3) is 0.176. The number of thiol groups is 1. The molecule has 0 aliphatic heterocycles. The maximum Gasteiger partial charge on any atom is 0.233 e. The molecule has 0 spiro atoms. The van der Waals surface area contributed by atoms with Gasteiger partial charge in [0.1, 0.15) is 0 Å². The summed E-state index contributed by atoms with van der Waals surface area (Å²) < 4.78 is 0. The van der Waals surface area contributed by atoms with Crippen molar-refractivity contribution in [2.75, 3.05) is 0 Å².